The third-order valence-electron chi connectivity index (χ3n) is 8.69. The first-order valence-electron chi connectivity index (χ1n) is 16.2. The summed E-state index contributed by atoms with van der Waals surface area (Å²) in [6.07, 6.45) is 0. The average Bonchev–Trinajstić information content (AvgIpc) is 3.19. The van der Waals surface area contributed by atoms with E-state index in [1.54, 1.807) is 0 Å². The smallest absolute Gasteiger partial charge is 0.0715 e. The summed E-state index contributed by atoms with van der Waals surface area (Å²) < 4.78 is 0. The fourth-order valence-electron chi connectivity index (χ4n) is 6.17. The molecule has 2 aromatic heterocycles. The van der Waals surface area contributed by atoms with E-state index < -0.39 is 0 Å². The van der Waals surface area contributed by atoms with Gasteiger partial charge in [0.05, 0.1) is 22.8 Å². The van der Waals surface area contributed by atoms with Crippen molar-refractivity contribution in [1.29, 1.82) is 0 Å². The number of hydrogen-bond donors (Lipinski definition) is 0. The second kappa shape index (κ2) is 13.2. The van der Waals surface area contributed by atoms with Gasteiger partial charge in [-0.05, 0) is 69.8 Å². The van der Waals surface area contributed by atoms with Crippen LogP contribution in [0.15, 0.2) is 194 Å². The molecular formula is C46H32N2. The molecule has 2 nitrogen and oxygen atoms in total. The summed E-state index contributed by atoms with van der Waals surface area (Å²) in [5.74, 6) is 0. The van der Waals surface area contributed by atoms with Crippen molar-refractivity contribution in [2.24, 2.45) is 0 Å². The van der Waals surface area contributed by atoms with Gasteiger partial charge < -0.3 is 0 Å². The second-order valence-corrected chi connectivity index (χ2v) is 11.9. The molecule has 0 saturated heterocycles. The molecule has 8 aromatic rings. The van der Waals surface area contributed by atoms with Gasteiger partial charge >= 0.3 is 0 Å². The summed E-state index contributed by atoms with van der Waals surface area (Å²) in [6, 6.07) is 68.0. The van der Waals surface area contributed by atoms with Gasteiger partial charge in [0, 0.05) is 22.3 Å². The Morgan fingerprint density at radius 2 is 0.521 bits per heavy atom. The quantitative estimate of drug-likeness (QED) is 0.179. The minimum Gasteiger partial charge on any atom is -0.248 e. The standard InChI is InChI=1S/C46H32N2/c1-4-13-33(14-5-1)38-19-10-21-40(29-38)43-23-12-24-44(47-43)41-22-11-20-39(30-41)34-25-27-35(28-26-34)42-31-45(36-15-6-2-7-16-36)48-46(32-42)37-17-8-3-9-18-37/h1-32H. The van der Waals surface area contributed by atoms with Crippen LogP contribution in [0.2, 0.25) is 0 Å². The minimum atomic E-state index is 0.953. The molecule has 0 atom stereocenters. The van der Waals surface area contributed by atoms with Gasteiger partial charge in [0.25, 0.3) is 0 Å². The molecule has 0 aliphatic rings. The van der Waals surface area contributed by atoms with E-state index in [0.29, 0.717) is 0 Å². The molecule has 0 bridgehead atoms. The Morgan fingerprint density at radius 3 is 1.00 bits per heavy atom. The Kier molecular flexibility index (Phi) is 7.96. The first kappa shape index (κ1) is 29.1. The predicted octanol–water partition coefficient (Wildman–Crippen LogP) is 12.1. The molecule has 2 heteroatoms. The zero-order valence-corrected chi connectivity index (χ0v) is 26.4. The van der Waals surface area contributed by atoms with E-state index >= 15 is 0 Å². The number of rotatable bonds is 7. The molecule has 0 aliphatic carbocycles. The summed E-state index contributed by atoms with van der Waals surface area (Å²) in [6.45, 7) is 0. The lowest BCUT2D eigenvalue weighted by Gasteiger charge is -2.11. The van der Waals surface area contributed by atoms with Crippen molar-refractivity contribution in [3.05, 3.63) is 194 Å². The van der Waals surface area contributed by atoms with Crippen molar-refractivity contribution in [1.82, 2.24) is 9.97 Å². The number of pyridine rings is 2. The van der Waals surface area contributed by atoms with Crippen LogP contribution in [-0.2, 0) is 0 Å². The molecule has 226 valence electrons. The van der Waals surface area contributed by atoms with Crippen molar-refractivity contribution in [2.75, 3.05) is 0 Å². The maximum absolute atomic E-state index is 5.10. The molecule has 6 aromatic carbocycles. The highest BCUT2D eigenvalue weighted by Crippen LogP contribution is 2.33. The van der Waals surface area contributed by atoms with E-state index in [0.717, 1.165) is 67.3 Å². The highest BCUT2D eigenvalue weighted by Gasteiger charge is 2.11. The van der Waals surface area contributed by atoms with Crippen LogP contribution in [-0.4, -0.2) is 9.97 Å². The highest BCUT2D eigenvalue weighted by atomic mass is 14.7. The van der Waals surface area contributed by atoms with Crippen LogP contribution < -0.4 is 0 Å². The van der Waals surface area contributed by atoms with Crippen LogP contribution in [0.3, 0.4) is 0 Å². The van der Waals surface area contributed by atoms with Gasteiger partial charge in [0.2, 0.25) is 0 Å². The normalized spacial score (nSPS) is 10.9. The first-order valence-corrected chi connectivity index (χ1v) is 16.2. The minimum absolute atomic E-state index is 0.953. The molecular weight excluding hydrogens is 581 g/mol. The highest BCUT2D eigenvalue weighted by molar-refractivity contribution is 5.79. The Labute approximate surface area is 281 Å². The molecule has 0 saturated carbocycles. The van der Waals surface area contributed by atoms with Gasteiger partial charge in [-0.2, -0.15) is 0 Å². The second-order valence-electron chi connectivity index (χ2n) is 11.9. The molecule has 0 radical (unpaired) electrons. The summed E-state index contributed by atoms with van der Waals surface area (Å²) in [5, 5.41) is 0. The summed E-state index contributed by atoms with van der Waals surface area (Å²) in [5.41, 5.74) is 15.2. The lowest BCUT2D eigenvalue weighted by molar-refractivity contribution is 1.32. The Morgan fingerprint density at radius 1 is 0.188 bits per heavy atom. The predicted molar refractivity (Wildman–Crippen MR) is 200 cm³/mol. The SMILES string of the molecule is c1ccc(-c2cccc(-c3cccc(-c4cccc(-c5ccc(-c6cc(-c7ccccc7)nc(-c7ccccc7)c6)cc5)c4)n3)c2)cc1. The average molecular weight is 613 g/mol. The largest absolute Gasteiger partial charge is 0.248 e. The van der Waals surface area contributed by atoms with E-state index in [4.69, 9.17) is 9.97 Å². The summed E-state index contributed by atoms with van der Waals surface area (Å²) >= 11 is 0. The fraction of sp³-hybridized carbons (Fsp3) is 0. The maximum atomic E-state index is 5.10. The van der Waals surface area contributed by atoms with Crippen molar-refractivity contribution in [3.8, 4) is 78.4 Å². The maximum Gasteiger partial charge on any atom is 0.0715 e. The zero-order valence-electron chi connectivity index (χ0n) is 26.4. The van der Waals surface area contributed by atoms with Gasteiger partial charge in [-0.15, -0.1) is 0 Å². The number of nitrogens with zero attached hydrogens (tertiary/aromatic N) is 2. The molecule has 0 fully saturated rings. The van der Waals surface area contributed by atoms with Crippen LogP contribution in [0.1, 0.15) is 0 Å². The van der Waals surface area contributed by atoms with Crippen molar-refractivity contribution in [3.63, 3.8) is 0 Å². The van der Waals surface area contributed by atoms with Crippen molar-refractivity contribution >= 4 is 0 Å². The van der Waals surface area contributed by atoms with E-state index in [9.17, 15) is 0 Å². The molecule has 48 heavy (non-hydrogen) atoms. The van der Waals surface area contributed by atoms with Crippen LogP contribution in [0.25, 0.3) is 78.4 Å². The molecule has 0 aliphatic heterocycles. The van der Waals surface area contributed by atoms with Gasteiger partial charge in [0.1, 0.15) is 0 Å². The number of aromatic nitrogens is 2. The van der Waals surface area contributed by atoms with Crippen LogP contribution in [0.4, 0.5) is 0 Å². The monoisotopic (exact) mass is 612 g/mol. The van der Waals surface area contributed by atoms with Gasteiger partial charge in [0.15, 0.2) is 0 Å². The molecule has 0 N–H and O–H groups in total. The topological polar surface area (TPSA) is 25.8 Å². The Bertz CT molecular complexity index is 2250. The van der Waals surface area contributed by atoms with Crippen LogP contribution >= 0.6 is 0 Å². The third-order valence-corrected chi connectivity index (χ3v) is 8.69. The van der Waals surface area contributed by atoms with E-state index in [1.807, 2.05) is 18.2 Å². The first-order chi connectivity index (χ1) is 23.8. The van der Waals surface area contributed by atoms with E-state index in [-0.39, 0.29) is 0 Å². The third kappa shape index (κ3) is 6.20. The summed E-state index contributed by atoms with van der Waals surface area (Å²) in [7, 11) is 0. The molecule has 2 heterocycles. The van der Waals surface area contributed by atoms with Crippen molar-refractivity contribution in [2.45, 2.75) is 0 Å². The fourth-order valence-corrected chi connectivity index (χ4v) is 6.17. The summed E-state index contributed by atoms with van der Waals surface area (Å²) in [4.78, 5) is 10.1. The Hall–Kier alpha value is -6.38. The van der Waals surface area contributed by atoms with Gasteiger partial charge in [-0.3, -0.25) is 0 Å². The van der Waals surface area contributed by atoms with Gasteiger partial charge in [-0.25, -0.2) is 9.97 Å². The van der Waals surface area contributed by atoms with E-state index in [2.05, 4.69) is 176 Å². The molecule has 8 rings (SSSR count). The molecule has 0 amide bonds. The lowest BCUT2D eigenvalue weighted by atomic mass is 9.96. The van der Waals surface area contributed by atoms with Gasteiger partial charge in [-0.1, -0.05) is 158 Å². The molecule has 0 spiro atoms. The van der Waals surface area contributed by atoms with Crippen molar-refractivity contribution < 1.29 is 0 Å². The van der Waals surface area contributed by atoms with E-state index in [1.165, 1.54) is 11.1 Å². The lowest BCUT2D eigenvalue weighted by Crippen LogP contribution is -1.91. The number of hydrogen-bond acceptors (Lipinski definition) is 2. The van der Waals surface area contributed by atoms with Crippen LogP contribution in [0.5, 0.6) is 0 Å². The zero-order chi connectivity index (χ0) is 32.1. The Balaban J connectivity index is 1.09. The van der Waals surface area contributed by atoms with Crippen LogP contribution in [0, 0.1) is 0 Å². The molecule has 0 unspecified atom stereocenters. The number of benzene rings is 6.